The van der Waals surface area contributed by atoms with E-state index in [1.807, 2.05) is 26.0 Å². The highest BCUT2D eigenvalue weighted by Crippen LogP contribution is 2.21. The van der Waals surface area contributed by atoms with Crippen molar-refractivity contribution in [1.82, 2.24) is 14.9 Å². The second-order valence-corrected chi connectivity index (χ2v) is 8.33. The van der Waals surface area contributed by atoms with Crippen LogP contribution in [0.2, 0.25) is 5.02 Å². The van der Waals surface area contributed by atoms with Crippen molar-refractivity contribution in [2.24, 2.45) is 4.99 Å². The largest absolute Gasteiger partial charge is 0.338 e. The molecule has 0 unspecified atom stereocenters. The highest BCUT2D eigenvalue weighted by molar-refractivity contribution is 7.80. The van der Waals surface area contributed by atoms with Gasteiger partial charge in [-0.15, -0.1) is 0 Å². The first-order valence-electron chi connectivity index (χ1n) is 10.1. The number of fused-ring (bicyclic) bond motifs is 1. The van der Waals surface area contributed by atoms with Crippen LogP contribution in [-0.2, 0) is 13.0 Å². The molecule has 1 aromatic heterocycles. The molecular weight excluding hydrogens is 447 g/mol. The molecule has 0 amide bonds. The van der Waals surface area contributed by atoms with Crippen molar-refractivity contribution in [1.29, 1.82) is 0 Å². The molecule has 0 spiro atoms. The molecule has 32 heavy (non-hydrogen) atoms. The van der Waals surface area contributed by atoms with E-state index in [1.165, 1.54) is 23.3 Å². The van der Waals surface area contributed by atoms with Gasteiger partial charge in [-0.2, -0.15) is 4.99 Å². The van der Waals surface area contributed by atoms with Gasteiger partial charge in [0.25, 0.3) is 0 Å². The number of anilines is 2. The SMILES string of the molecule is Cc1cc(C)nc(N/C(=N/C(=S)Nc2ccc(F)c(Cl)c2)N2CCc3ccccc3C2)n1. The number of hydrogen-bond acceptors (Lipinski definition) is 3. The number of thiocarbonyl (C=S) groups is 1. The highest BCUT2D eigenvalue weighted by atomic mass is 35.5. The van der Waals surface area contributed by atoms with E-state index in [0.717, 1.165) is 24.4 Å². The molecule has 2 aromatic carbocycles. The predicted octanol–water partition coefficient (Wildman–Crippen LogP) is 5.11. The Bertz CT molecular complexity index is 1180. The lowest BCUT2D eigenvalue weighted by molar-refractivity contribution is 0.393. The molecule has 0 atom stereocenters. The van der Waals surface area contributed by atoms with Crippen molar-refractivity contribution < 1.29 is 4.39 Å². The van der Waals surface area contributed by atoms with Crippen molar-refractivity contribution in [2.75, 3.05) is 17.2 Å². The Morgan fingerprint density at radius 3 is 2.50 bits per heavy atom. The Morgan fingerprint density at radius 1 is 1.06 bits per heavy atom. The van der Waals surface area contributed by atoms with Gasteiger partial charge in [0.2, 0.25) is 17.0 Å². The summed E-state index contributed by atoms with van der Waals surface area (Å²) < 4.78 is 13.5. The molecule has 1 aliphatic rings. The lowest BCUT2D eigenvalue weighted by Gasteiger charge is -2.31. The van der Waals surface area contributed by atoms with Gasteiger partial charge in [-0.3, -0.25) is 5.32 Å². The van der Waals surface area contributed by atoms with Crippen LogP contribution < -0.4 is 10.6 Å². The third-order valence-electron chi connectivity index (χ3n) is 5.01. The summed E-state index contributed by atoms with van der Waals surface area (Å²) in [6.07, 6.45) is 0.887. The lowest BCUT2D eigenvalue weighted by Crippen LogP contribution is -2.41. The van der Waals surface area contributed by atoms with Gasteiger partial charge in [0, 0.05) is 30.2 Å². The van der Waals surface area contributed by atoms with Gasteiger partial charge >= 0.3 is 0 Å². The molecule has 6 nitrogen and oxygen atoms in total. The minimum absolute atomic E-state index is 0.0106. The van der Waals surface area contributed by atoms with Crippen LogP contribution in [0.25, 0.3) is 0 Å². The topological polar surface area (TPSA) is 65.4 Å². The summed E-state index contributed by atoms with van der Waals surface area (Å²) in [4.78, 5) is 15.7. The number of guanidine groups is 1. The average Bonchev–Trinajstić information content (AvgIpc) is 2.75. The first-order chi connectivity index (χ1) is 15.4. The number of nitrogens with zero attached hydrogens (tertiary/aromatic N) is 4. The Morgan fingerprint density at radius 2 is 1.78 bits per heavy atom. The maximum absolute atomic E-state index is 13.5. The van der Waals surface area contributed by atoms with Crippen LogP contribution in [0.5, 0.6) is 0 Å². The molecule has 2 N–H and O–H groups in total. The molecule has 0 fully saturated rings. The first kappa shape index (κ1) is 22.1. The van der Waals surface area contributed by atoms with Gasteiger partial charge in [0.1, 0.15) is 5.82 Å². The third-order valence-corrected chi connectivity index (χ3v) is 5.50. The molecule has 9 heteroatoms. The third kappa shape index (κ3) is 5.38. The minimum atomic E-state index is -0.493. The van der Waals surface area contributed by atoms with Crippen molar-refractivity contribution in [3.05, 3.63) is 81.9 Å². The predicted molar refractivity (Wildman–Crippen MR) is 131 cm³/mol. The number of aryl methyl sites for hydroxylation is 2. The highest BCUT2D eigenvalue weighted by Gasteiger charge is 2.20. The molecule has 2 heterocycles. The summed E-state index contributed by atoms with van der Waals surface area (Å²) in [6, 6.07) is 14.6. The number of aliphatic imine (C=N–C) groups is 1. The fraction of sp³-hybridized carbons (Fsp3) is 0.217. The second kappa shape index (κ2) is 9.58. The fourth-order valence-electron chi connectivity index (χ4n) is 3.56. The molecule has 0 saturated carbocycles. The number of halogens is 2. The summed E-state index contributed by atoms with van der Waals surface area (Å²) in [7, 11) is 0. The zero-order valence-electron chi connectivity index (χ0n) is 17.7. The molecule has 164 valence electrons. The zero-order valence-corrected chi connectivity index (χ0v) is 19.3. The zero-order chi connectivity index (χ0) is 22.7. The maximum atomic E-state index is 13.5. The Kier molecular flexibility index (Phi) is 6.62. The Hall–Kier alpha value is -3.10. The van der Waals surface area contributed by atoms with Crippen LogP contribution >= 0.6 is 23.8 Å². The molecule has 3 aromatic rings. The van der Waals surface area contributed by atoms with E-state index in [9.17, 15) is 4.39 Å². The summed E-state index contributed by atoms with van der Waals surface area (Å²) >= 11 is 11.3. The summed E-state index contributed by atoms with van der Waals surface area (Å²) in [5.41, 5.74) is 4.82. The van der Waals surface area contributed by atoms with Crippen molar-refractivity contribution in [2.45, 2.75) is 26.8 Å². The van der Waals surface area contributed by atoms with Crippen LogP contribution in [-0.4, -0.2) is 32.5 Å². The van der Waals surface area contributed by atoms with E-state index in [0.29, 0.717) is 24.1 Å². The van der Waals surface area contributed by atoms with Crippen LogP contribution in [0, 0.1) is 19.7 Å². The number of nitrogens with one attached hydrogen (secondary N) is 2. The summed E-state index contributed by atoms with van der Waals surface area (Å²) in [5.74, 6) is 0.496. The van der Waals surface area contributed by atoms with Gasteiger partial charge in [-0.25, -0.2) is 14.4 Å². The standard InChI is InChI=1S/C23H22ClFN6S/c1-14-11-15(2)27-21(26-14)29-22(31-10-9-16-5-3-4-6-17(16)13-31)30-23(32)28-18-7-8-20(25)19(24)12-18/h3-8,11-12H,9-10,13H2,1-2H3,(H2,26,27,28,29,30,32). The second-order valence-electron chi connectivity index (χ2n) is 7.53. The Labute approximate surface area is 196 Å². The Balaban J connectivity index is 1.61. The molecular formula is C23H22ClFN6S. The number of benzene rings is 2. The molecule has 1 aliphatic heterocycles. The van der Waals surface area contributed by atoms with Crippen LogP contribution in [0.15, 0.2) is 53.5 Å². The van der Waals surface area contributed by atoms with E-state index in [1.54, 1.807) is 6.07 Å². The van der Waals surface area contributed by atoms with E-state index in [4.69, 9.17) is 23.8 Å². The molecule has 0 aliphatic carbocycles. The van der Waals surface area contributed by atoms with Gasteiger partial charge < -0.3 is 10.2 Å². The van der Waals surface area contributed by atoms with Gasteiger partial charge in [0.05, 0.1) is 5.02 Å². The van der Waals surface area contributed by atoms with Gasteiger partial charge in [-0.1, -0.05) is 35.9 Å². The monoisotopic (exact) mass is 468 g/mol. The van der Waals surface area contributed by atoms with Crippen molar-refractivity contribution in [3.8, 4) is 0 Å². The molecule has 0 saturated heterocycles. The van der Waals surface area contributed by atoms with Crippen molar-refractivity contribution >= 4 is 46.5 Å². The van der Waals surface area contributed by atoms with Crippen LogP contribution in [0.4, 0.5) is 16.0 Å². The van der Waals surface area contributed by atoms with Crippen molar-refractivity contribution in [3.63, 3.8) is 0 Å². The first-order valence-corrected chi connectivity index (χ1v) is 10.9. The van der Waals surface area contributed by atoms with E-state index >= 15 is 0 Å². The molecule has 0 radical (unpaired) electrons. The van der Waals surface area contributed by atoms with Gasteiger partial charge in [0.15, 0.2) is 0 Å². The average molecular weight is 469 g/mol. The minimum Gasteiger partial charge on any atom is -0.338 e. The quantitative estimate of drug-likeness (QED) is 0.309. The maximum Gasteiger partial charge on any atom is 0.229 e. The van der Waals surface area contributed by atoms with Crippen LogP contribution in [0.3, 0.4) is 0 Å². The normalized spacial score (nSPS) is 13.5. The van der Waals surface area contributed by atoms with Gasteiger partial charge in [-0.05, 0) is 67.9 Å². The van der Waals surface area contributed by atoms with E-state index in [2.05, 4.69) is 48.7 Å². The van der Waals surface area contributed by atoms with E-state index in [-0.39, 0.29) is 10.1 Å². The molecule has 4 rings (SSSR count). The van der Waals surface area contributed by atoms with Crippen LogP contribution in [0.1, 0.15) is 22.5 Å². The smallest absolute Gasteiger partial charge is 0.229 e. The summed E-state index contributed by atoms with van der Waals surface area (Å²) in [6.45, 7) is 5.27. The fourth-order valence-corrected chi connectivity index (χ4v) is 3.94. The number of aromatic nitrogens is 2. The number of rotatable bonds is 2. The lowest BCUT2D eigenvalue weighted by atomic mass is 10.0. The van der Waals surface area contributed by atoms with E-state index < -0.39 is 5.82 Å². The molecule has 0 bridgehead atoms. The number of hydrogen-bond donors (Lipinski definition) is 2. The summed E-state index contributed by atoms with van der Waals surface area (Å²) in [5, 5.41) is 6.45.